The van der Waals surface area contributed by atoms with Gasteiger partial charge in [0.15, 0.2) is 0 Å². The molecule has 1 aromatic rings. The van der Waals surface area contributed by atoms with E-state index >= 15 is 0 Å². The summed E-state index contributed by atoms with van der Waals surface area (Å²) in [5.41, 5.74) is 2.67. The lowest BCUT2D eigenvalue weighted by Gasteiger charge is -2.35. The van der Waals surface area contributed by atoms with Crippen molar-refractivity contribution in [1.29, 1.82) is 0 Å². The van der Waals surface area contributed by atoms with Crippen molar-refractivity contribution in [2.24, 2.45) is 5.92 Å². The summed E-state index contributed by atoms with van der Waals surface area (Å²) < 4.78 is 0. The molecule has 106 valence electrons. The molecule has 1 fully saturated rings. The summed E-state index contributed by atoms with van der Waals surface area (Å²) >= 11 is 0. The van der Waals surface area contributed by atoms with Gasteiger partial charge in [-0.1, -0.05) is 26.0 Å². The third kappa shape index (κ3) is 3.97. The fourth-order valence-corrected chi connectivity index (χ4v) is 3.00. The van der Waals surface area contributed by atoms with Gasteiger partial charge >= 0.3 is 0 Å². The summed E-state index contributed by atoms with van der Waals surface area (Å²) in [5, 5.41) is 3.68. The minimum atomic E-state index is 0.557. The van der Waals surface area contributed by atoms with Crippen LogP contribution < -0.4 is 5.32 Å². The van der Waals surface area contributed by atoms with Gasteiger partial charge in [0, 0.05) is 18.3 Å². The molecular weight excluding hydrogens is 232 g/mol. The van der Waals surface area contributed by atoms with Gasteiger partial charge in [-0.3, -0.25) is 0 Å². The van der Waals surface area contributed by atoms with E-state index in [-0.39, 0.29) is 0 Å². The third-order valence-corrected chi connectivity index (χ3v) is 4.45. The molecule has 1 saturated heterocycles. The Morgan fingerprint density at radius 1 is 1.26 bits per heavy atom. The van der Waals surface area contributed by atoms with Gasteiger partial charge in [-0.05, 0) is 62.9 Å². The maximum Gasteiger partial charge on any atom is 0.0342 e. The second-order valence-electron chi connectivity index (χ2n) is 5.78. The summed E-state index contributed by atoms with van der Waals surface area (Å²) in [7, 11) is 0. The standard InChI is InChI=1S/C17H28N2/c1-4-15-8-10-17(11-9-15)18-14(3)16-7-6-12-19(5-2)13-16/h8-11,14,16,18H,4-7,12-13H2,1-3H3. The number of benzene rings is 1. The molecule has 0 aromatic heterocycles. The monoisotopic (exact) mass is 260 g/mol. The zero-order chi connectivity index (χ0) is 13.7. The van der Waals surface area contributed by atoms with E-state index in [2.05, 4.69) is 55.3 Å². The molecular formula is C17H28N2. The van der Waals surface area contributed by atoms with Crippen molar-refractivity contribution in [3.05, 3.63) is 29.8 Å². The number of nitrogens with one attached hydrogen (secondary N) is 1. The fourth-order valence-electron chi connectivity index (χ4n) is 3.00. The highest BCUT2D eigenvalue weighted by molar-refractivity contribution is 5.45. The Labute approximate surface area is 118 Å². The average Bonchev–Trinajstić information content (AvgIpc) is 2.48. The summed E-state index contributed by atoms with van der Waals surface area (Å²) in [4.78, 5) is 2.58. The van der Waals surface area contributed by atoms with Gasteiger partial charge in [0.05, 0.1) is 0 Å². The van der Waals surface area contributed by atoms with Gasteiger partial charge in [-0.15, -0.1) is 0 Å². The molecule has 0 amide bonds. The number of nitrogens with zero attached hydrogens (tertiary/aromatic N) is 1. The van der Waals surface area contributed by atoms with Crippen LogP contribution >= 0.6 is 0 Å². The van der Waals surface area contributed by atoms with E-state index in [1.54, 1.807) is 0 Å². The lowest BCUT2D eigenvalue weighted by atomic mass is 9.91. The zero-order valence-corrected chi connectivity index (χ0v) is 12.7. The van der Waals surface area contributed by atoms with E-state index in [9.17, 15) is 0 Å². The van der Waals surface area contributed by atoms with Crippen molar-refractivity contribution in [3.8, 4) is 0 Å². The number of hydrogen-bond acceptors (Lipinski definition) is 2. The summed E-state index contributed by atoms with van der Waals surface area (Å²) in [5.74, 6) is 0.777. The number of hydrogen-bond donors (Lipinski definition) is 1. The Kier molecular flexibility index (Phi) is 5.26. The average molecular weight is 260 g/mol. The highest BCUT2D eigenvalue weighted by atomic mass is 15.1. The minimum absolute atomic E-state index is 0.557. The molecule has 1 N–H and O–H groups in total. The second kappa shape index (κ2) is 6.95. The molecule has 2 unspecified atom stereocenters. The van der Waals surface area contributed by atoms with Crippen LogP contribution in [0.1, 0.15) is 39.2 Å². The Balaban J connectivity index is 1.90. The van der Waals surface area contributed by atoms with Gasteiger partial charge in [0.25, 0.3) is 0 Å². The largest absolute Gasteiger partial charge is 0.382 e. The molecule has 1 aliphatic heterocycles. The highest BCUT2D eigenvalue weighted by Gasteiger charge is 2.23. The Hall–Kier alpha value is -1.02. The van der Waals surface area contributed by atoms with Crippen LogP contribution in [-0.2, 0) is 6.42 Å². The minimum Gasteiger partial charge on any atom is -0.382 e. The second-order valence-corrected chi connectivity index (χ2v) is 5.78. The first kappa shape index (κ1) is 14.4. The van der Waals surface area contributed by atoms with E-state index in [1.807, 2.05) is 0 Å². The van der Waals surface area contributed by atoms with Crippen LogP contribution in [-0.4, -0.2) is 30.6 Å². The van der Waals surface area contributed by atoms with Crippen LogP contribution in [0.25, 0.3) is 0 Å². The molecule has 1 heterocycles. The SMILES string of the molecule is CCc1ccc(NC(C)C2CCCN(CC)C2)cc1. The summed E-state index contributed by atoms with van der Waals surface area (Å²) in [6.45, 7) is 10.5. The number of piperidine rings is 1. The smallest absolute Gasteiger partial charge is 0.0342 e. The van der Waals surface area contributed by atoms with Crippen LogP contribution in [0.5, 0.6) is 0 Å². The number of anilines is 1. The molecule has 0 saturated carbocycles. The zero-order valence-electron chi connectivity index (χ0n) is 12.7. The van der Waals surface area contributed by atoms with Gasteiger partial charge in [0.1, 0.15) is 0 Å². The molecule has 0 bridgehead atoms. The molecule has 2 nitrogen and oxygen atoms in total. The number of likely N-dealkylation sites (tertiary alicyclic amines) is 1. The molecule has 0 radical (unpaired) electrons. The van der Waals surface area contributed by atoms with Gasteiger partial charge in [-0.25, -0.2) is 0 Å². The van der Waals surface area contributed by atoms with Gasteiger partial charge in [0.2, 0.25) is 0 Å². The molecule has 19 heavy (non-hydrogen) atoms. The van der Waals surface area contributed by atoms with Crippen LogP contribution in [0, 0.1) is 5.92 Å². The van der Waals surface area contributed by atoms with E-state index < -0.39 is 0 Å². The van der Waals surface area contributed by atoms with E-state index in [0.29, 0.717) is 6.04 Å². The lowest BCUT2D eigenvalue weighted by Crippen LogP contribution is -2.41. The van der Waals surface area contributed by atoms with Gasteiger partial charge < -0.3 is 10.2 Å². The van der Waals surface area contributed by atoms with Crippen molar-refractivity contribution >= 4 is 5.69 Å². The normalized spacial score (nSPS) is 22.2. The molecule has 2 heteroatoms. The highest BCUT2D eigenvalue weighted by Crippen LogP contribution is 2.22. The van der Waals surface area contributed by atoms with E-state index in [4.69, 9.17) is 0 Å². The predicted molar refractivity (Wildman–Crippen MR) is 83.7 cm³/mol. The van der Waals surface area contributed by atoms with Crippen molar-refractivity contribution in [1.82, 2.24) is 4.90 Å². The number of aryl methyl sites for hydroxylation is 1. The van der Waals surface area contributed by atoms with E-state index in [1.165, 1.54) is 43.7 Å². The Morgan fingerprint density at radius 3 is 2.63 bits per heavy atom. The molecule has 2 rings (SSSR count). The first-order chi connectivity index (χ1) is 9.22. The molecule has 0 spiro atoms. The topological polar surface area (TPSA) is 15.3 Å². The Bertz CT molecular complexity index is 371. The van der Waals surface area contributed by atoms with E-state index in [0.717, 1.165) is 12.3 Å². The van der Waals surface area contributed by atoms with Crippen molar-refractivity contribution in [2.75, 3.05) is 25.0 Å². The van der Waals surface area contributed by atoms with Crippen molar-refractivity contribution < 1.29 is 0 Å². The van der Waals surface area contributed by atoms with Crippen molar-refractivity contribution in [3.63, 3.8) is 0 Å². The third-order valence-electron chi connectivity index (χ3n) is 4.45. The van der Waals surface area contributed by atoms with Crippen LogP contribution in [0.2, 0.25) is 0 Å². The van der Waals surface area contributed by atoms with Gasteiger partial charge in [-0.2, -0.15) is 0 Å². The van der Waals surface area contributed by atoms with Crippen LogP contribution in [0.15, 0.2) is 24.3 Å². The molecule has 1 aliphatic rings. The van der Waals surface area contributed by atoms with Crippen LogP contribution in [0.4, 0.5) is 5.69 Å². The summed E-state index contributed by atoms with van der Waals surface area (Å²) in [6.07, 6.45) is 3.82. The predicted octanol–water partition coefficient (Wildman–Crippen LogP) is 3.78. The summed E-state index contributed by atoms with van der Waals surface area (Å²) in [6, 6.07) is 9.45. The lowest BCUT2D eigenvalue weighted by molar-refractivity contribution is 0.172. The fraction of sp³-hybridized carbons (Fsp3) is 0.647. The first-order valence-electron chi connectivity index (χ1n) is 7.80. The first-order valence-corrected chi connectivity index (χ1v) is 7.80. The maximum atomic E-state index is 3.68. The maximum absolute atomic E-state index is 3.68. The van der Waals surface area contributed by atoms with Crippen molar-refractivity contribution in [2.45, 2.75) is 46.1 Å². The number of rotatable bonds is 5. The molecule has 0 aliphatic carbocycles. The quantitative estimate of drug-likeness (QED) is 0.866. The molecule has 1 aromatic carbocycles. The van der Waals surface area contributed by atoms with Crippen LogP contribution in [0.3, 0.4) is 0 Å². The Morgan fingerprint density at radius 2 is 2.00 bits per heavy atom. The molecule has 2 atom stereocenters.